The number of anilines is 1. The van der Waals surface area contributed by atoms with Crippen molar-refractivity contribution < 1.29 is 14.3 Å². The number of ether oxygens (including phenoxy) is 1. The van der Waals surface area contributed by atoms with E-state index in [1.165, 1.54) is 0 Å². The molecule has 28 heavy (non-hydrogen) atoms. The topological polar surface area (TPSA) is 90.6 Å². The quantitative estimate of drug-likeness (QED) is 0.794. The minimum atomic E-state index is -0.356. The zero-order chi connectivity index (χ0) is 20.3. The first-order chi connectivity index (χ1) is 13.4. The zero-order valence-electron chi connectivity index (χ0n) is 16.7. The lowest BCUT2D eigenvalue weighted by atomic mass is 9.84. The van der Waals surface area contributed by atoms with Crippen molar-refractivity contribution in [2.24, 2.45) is 5.92 Å². The van der Waals surface area contributed by atoms with Gasteiger partial charge in [0.15, 0.2) is 5.82 Å². The number of nitrogens with one attached hydrogen (secondary N) is 2. The molecule has 0 bridgehead atoms. The molecular formula is C20H27N5O3. The van der Waals surface area contributed by atoms with Crippen LogP contribution in [-0.4, -0.2) is 60.1 Å². The first-order valence-corrected chi connectivity index (χ1v) is 9.28. The summed E-state index contributed by atoms with van der Waals surface area (Å²) in [7, 11) is 7.29. The molecule has 2 amide bonds. The highest BCUT2D eigenvalue weighted by Gasteiger charge is 2.39. The lowest BCUT2D eigenvalue weighted by Crippen LogP contribution is -2.44. The van der Waals surface area contributed by atoms with Crippen LogP contribution in [0.15, 0.2) is 30.3 Å². The van der Waals surface area contributed by atoms with Crippen molar-refractivity contribution in [3.8, 4) is 5.75 Å². The van der Waals surface area contributed by atoms with Gasteiger partial charge in [0, 0.05) is 26.1 Å². The SMILES string of the molecule is COc1ccc(C2C(C(=O)Nc3cc(CN(C)C)[nH]n3)CCC(=O)N2C)cc1. The maximum Gasteiger partial charge on any atom is 0.231 e. The van der Waals surface area contributed by atoms with Gasteiger partial charge in [-0.1, -0.05) is 12.1 Å². The van der Waals surface area contributed by atoms with Crippen molar-refractivity contribution in [2.75, 3.05) is 33.6 Å². The van der Waals surface area contributed by atoms with Gasteiger partial charge in [-0.3, -0.25) is 14.7 Å². The van der Waals surface area contributed by atoms with Gasteiger partial charge in [0.25, 0.3) is 0 Å². The number of benzene rings is 1. The third kappa shape index (κ3) is 4.33. The first kappa shape index (κ1) is 19.9. The summed E-state index contributed by atoms with van der Waals surface area (Å²) >= 11 is 0. The van der Waals surface area contributed by atoms with E-state index in [1.807, 2.05) is 49.3 Å². The molecule has 3 rings (SSSR count). The third-order valence-electron chi connectivity index (χ3n) is 5.02. The lowest BCUT2D eigenvalue weighted by molar-refractivity contribution is -0.140. The fourth-order valence-corrected chi connectivity index (χ4v) is 3.64. The van der Waals surface area contributed by atoms with Crippen LogP contribution in [0.3, 0.4) is 0 Å². The van der Waals surface area contributed by atoms with E-state index in [1.54, 1.807) is 19.1 Å². The molecule has 1 aromatic carbocycles. The molecular weight excluding hydrogens is 358 g/mol. The monoisotopic (exact) mass is 385 g/mol. The molecule has 0 radical (unpaired) electrons. The highest BCUT2D eigenvalue weighted by Crippen LogP contribution is 2.37. The molecule has 2 unspecified atom stereocenters. The number of aromatic nitrogens is 2. The maximum atomic E-state index is 13.0. The summed E-state index contributed by atoms with van der Waals surface area (Å²) in [4.78, 5) is 29.0. The smallest absolute Gasteiger partial charge is 0.231 e. The van der Waals surface area contributed by atoms with Crippen molar-refractivity contribution in [1.29, 1.82) is 0 Å². The Morgan fingerprint density at radius 1 is 1.36 bits per heavy atom. The summed E-state index contributed by atoms with van der Waals surface area (Å²) in [6.07, 6.45) is 0.856. The molecule has 8 nitrogen and oxygen atoms in total. The number of rotatable bonds is 6. The van der Waals surface area contributed by atoms with Crippen LogP contribution in [0, 0.1) is 5.92 Å². The van der Waals surface area contributed by atoms with E-state index in [9.17, 15) is 9.59 Å². The van der Waals surface area contributed by atoms with Gasteiger partial charge in [-0.05, 0) is 38.2 Å². The van der Waals surface area contributed by atoms with Crippen LogP contribution in [0.5, 0.6) is 5.75 Å². The molecule has 2 atom stereocenters. The normalized spacial score (nSPS) is 19.8. The minimum Gasteiger partial charge on any atom is -0.497 e. The third-order valence-corrected chi connectivity index (χ3v) is 5.02. The standard InChI is InChI=1S/C20H27N5O3/c1-24(2)12-14-11-17(23-22-14)21-20(27)16-9-10-18(26)25(3)19(16)13-5-7-15(28-4)8-6-13/h5-8,11,16,19H,9-10,12H2,1-4H3,(H2,21,22,23,27). The van der Waals surface area contributed by atoms with Gasteiger partial charge in [0.2, 0.25) is 11.8 Å². The number of hydrogen-bond donors (Lipinski definition) is 2. The minimum absolute atomic E-state index is 0.0397. The number of amides is 2. The number of piperidine rings is 1. The fourth-order valence-electron chi connectivity index (χ4n) is 3.64. The number of carbonyl (C=O) groups is 2. The first-order valence-electron chi connectivity index (χ1n) is 9.28. The van der Waals surface area contributed by atoms with Crippen molar-refractivity contribution in [2.45, 2.75) is 25.4 Å². The molecule has 8 heteroatoms. The number of aromatic amines is 1. The van der Waals surface area contributed by atoms with E-state index in [4.69, 9.17) is 4.74 Å². The summed E-state index contributed by atoms with van der Waals surface area (Å²) in [5.41, 5.74) is 1.83. The molecule has 1 fully saturated rings. The summed E-state index contributed by atoms with van der Waals surface area (Å²) in [5, 5.41) is 10.0. The number of methoxy groups -OCH3 is 1. The molecule has 150 valence electrons. The molecule has 2 aromatic rings. The van der Waals surface area contributed by atoms with Gasteiger partial charge in [-0.2, -0.15) is 5.10 Å². The van der Waals surface area contributed by atoms with Gasteiger partial charge in [-0.15, -0.1) is 0 Å². The second-order valence-electron chi connectivity index (χ2n) is 7.37. The highest BCUT2D eigenvalue weighted by molar-refractivity contribution is 5.94. The molecule has 2 N–H and O–H groups in total. The Labute approximate surface area is 164 Å². The Bertz CT molecular complexity index is 831. The Hall–Kier alpha value is -2.87. The van der Waals surface area contributed by atoms with E-state index in [-0.39, 0.29) is 23.8 Å². The molecule has 0 spiro atoms. The number of nitrogens with zero attached hydrogens (tertiary/aromatic N) is 3. The molecule has 1 aliphatic rings. The Morgan fingerprint density at radius 3 is 2.71 bits per heavy atom. The second-order valence-corrected chi connectivity index (χ2v) is 7.37. The van der Waals surface area contributed by atoms with Gasteiger partial charge in [0.1, 0.15) is 5.75 Å². The lowest BCUT2D eigenvalue weighted by Gasteiger charge is -2.38. The van der Waals surface area contributed by atoms with Crippen LogP contribution in [-0.2, 0) is 16.1 Å². The van der Waals surface area contributed by atoms with Crippen molar-refractivity contribution in [3.05, 3.63) is 41.6 Å². The fraction of sp³-hybridized carbons (Fsp3) is 0.450. The van der Waals surface area contributed by atoms with E-state index in [0.29, 0.717) is 25.2 Å². The van der Waals surface area contributed by atoms with E-state index < -0.39 is 0 Å². The molecule has 1 aliphatic heterocycles. The van der Waals surface area contributed by atoms with Crippen LogP contribution in [0.2, 0.25) is 0 Å². The number of carbonyl (C=O) groups excluding carboxylic acids is 2. The predicted molar refractivity (Wildman–Crippen MR) is 106 cm³/mol. The van der Waals surface area contributed by atoms with E-state index >= 15 is 0 Å². The van der Waals surface area contributed by atoms with Crippen molar-refractivity contribution >= 4 is 17.6 Å². The number of hydrogen-bond acceptors (Lipinski definition) is 5. The van der Waals surface area contributed by atoms with Crippen LogP contribution in [0.25, 0.3) is 0 Å². The second kappa shape index (κ2) is 8.43. The molecule has 1 aromatic heterocycles. The van der Waals surface area contributed by atoms with Gasteiger partial charge in [0.05, 0.1) is 24.8 Å². The zero-order valence-corrected chi connectivity index (χ0v) is 16.7. The van der Waals surface area contributed by atoms with Crippen LogP contribution < -0.4 is 10.1 Å². The largest absolute Gasteiger partial charge is 0.497 e. The number of likely N-dealkylation sites (tertiary alicyclic amines) is 1. The Balaban J connectivity index is 1.79. The molecule has 1 saturated heterocycles. The van der Waals surface area contributed by atoms with Crippen molar-refractivity contribution in [1.82, 2.24) is 20.0 Å². The van der Waals surface area contributed by atoms with Crippen LogP contribution in [0.1, 0.15) is 30.1 Å². The summed E-state index contributed by atoms with van der Waals surface area (Å²) in [6, 6.07) is 9.01. The van der Waals surface area contributed by atoms with Gasteiger partial charge in [-0.25, -0.2) is 0 Å². The Kier molecular flexibility index (Phi) is 5.99. The maximum absolute atomic E-state index is 13.0. The molecule has 0 aliphatic carbocycles. The van der Waals surface area contributed by atoms with E-state index in [0.717, 1.165) is 17.0 Å². The number of H-pyrrole nitrogens is 1. The molecule has 0 saturated carbocycles. The van der Waals surface area contributed by atoms with Crippen molar-refractivity contribution in [3.63, 3.8) is 0 Å². The predicted octanol–water partition coefficient (Wildman–Crippen LogP) is 2.03. The highest BCUT2D eigenvalue weighted by atomic mass is 16.5. The van der Waals surface area contributed by atoms with Gasteiger partial charge < -0.3 is 19.9 Å². The average Bonchev–Trinajstić information content (AvgIpc) is 3.09. The van der Waals surface area contributed by atoms with E-state index in [2.05, 4.69) is 15.5 Å². The molecule has 2 heterocycles. The summed E-state index contributed by atoms with van der Waals surface area (Å²) in [6.45, 7) is 0.706. The summed E-state index contributed by atoms with van der Waals surface area (Å²) < 4.78 is 5.21. The average molecular weight is 385 g/mol. The van der Waals surface area contributed by atoms with Gasteiger partial charge >= 0.3 is 0 Å². The summed E-state index contributed by atoms with van der Waals surface area (Å²) in [5.74, 6) is 0.778. The van der Waals surface area contributed by atoms with Crippen LogP contribution in [0.4, 0.5) is 5.82 Å². The Morgan fingerprint density at radius 2 is 2.07 bits per heavy atom. The van der Waals surface area contributed by atoms with Crippen LogP contribution >= 0.6 is 0 Å².